The first kappa shape index (κ1) is 27.8. The molecule has 0 aliphatic rings. The molecule has 0 aliphatic carbocycles. The minimum Gasteiger partial charge on any atom is -0.463 e. The summed E-state index contributed by atoms with van der Waals surface area (Å²) in [6.07, 6.45) is 6.13. The molecule has 0 N–H and O–H groups in total. The van der Waals surface area contributed by atoms with Crippen LogP contribution in [0.5, 0.6) is 0 Å². The summed E-state index contributed by atoms with van der Waals surface area (Å²) in [5, 5.41) is 8.47. The first-order valence-corrected chi connectivity index (χ1v) is 14.2. The number of thioether (sulfide) groups is 1. The van der Waals surface area contributed by atoms with Crippen LogP contribution in [0.4, 0.5) is 11.4 Å². The monoisotopic (exact) mass is 502 g/mol. The van der Waals surface area contributed by atoms with Crippen molar-refractivity contribution in [2.45, 2.75) is 55.7 Å². The molecule has 0 saturated carbocycles. The summed E-state index contributed by atoms with van der Waals surface area (Å²) < 4.78 is 29.8. The predicted octanol–water partition coefficient (Wildman–Crippen LogP) is 7.30. The molecule has 2 rings (SSSR count). The van der Waals surface area contributed by atoms with Crippen molar-refractivity contribution in [3.05, 3.63) is 61.2 Å². The molecule has 0 amide bonds. The summed E-state index contributed by atoms with van der Waals surface area (Å²) in [5.41, 5.74) is 1.35. The van der Waals surface area contributed by atoms with Crippen molar-refractivity contribution in [3.8, 4) is 0 Å². The van der Waals surface area contributed by atoms with Crippen molar-refractivity contribution in [3.63, 3.8) is 0 Å². The maximum absolute atomic E-state index is 12.4. The quantitative estimate of drug-likeness (QED) is 0.0838. The first-order valence-electron chi connectivity index (χ1n) is 11.6. The van der Waals surface area contributed by atoms with Gasteiger partial charge in [0.1, 0.15) is 0 Å². The van der Waals surface area contributed by atoms with Crippen LogP contribution in [0.1, 0.15) is 46.0 Å². The summed E-state index contributed by atoms with van der Waals surface area (Å²) in [7, 11) is -3.28. The summed E-state index contributed by atoms with van der Waals surface area (Å²) in [6, 6.07) is 14.5. The van der Waals surface area contributed by atoms with E-state index in [0.29, 0.717) is 17.2 Å². The Morgan fingerprint density at radius 2 is 1.59 bits per heavy atom. The lowest BCUT2D eigenvalue weighted by atomic mass is 10.2. The molecule has 0 heterocycles. The fourth-order valence-corrected chi connectivity index (χ4v) is 5.65. The third-order valence-corrected chi connectivity index (χ3v) is 8.33. The number of sulfone groups is 1. The molecule has 34 heavy (non-hydrogen) atoms. The Kier molecular flexibility index (Phi) is 12.0. The van der Waals surface area contributed by atoms with Crippen LogP contribution in [0.2, 0.25) is 0 Å². The van der Waals surface area contributed by atoms with E-state index >= 15 is 0 Å². The average molecular weight is 503 g/mol. The maximum Gasteiger partial charge on any atom is 0.330 e. The lowest BCUT2D eigenvalue weighted by molar-refractivity contribution is -0.137. The summed E-state index contributed by atoms with van der Waals surface area (Å²) in [4.78, 5) is 12.4. The van der Waals surface area contributed by atoms with E-state index in [0.717, 1.165) is 43.5 Å². The number of benzene rings is 2. The number of unbranched alkanes of at least 4 members (excludes halogenated alkanes) is 3. The van der Waals surface area contributed by atoms with Crippen LogP contribution in [-0.2, 0) is 19.4 Å². The Labute approximate surface area is 207 Å². The topological polar surface area (TPSA) is 85.2 Å². The Hall–Kier alpha value is -2.45. The Bertz CT molecular complexity index is 1030. The van der Waals surface area contributed by atoms with Gasteiger partial charge in [-0.05, 0) is 73.0 Å². The fourth-order valence-electron chi connectivity index (χ4n) is 3.01. The number of rotatable bonds is 15. The van der Waals surface area contributed by atoms with Gasteiger partial charge in [0.15, 0.2) is 9.84 Å². The highest BCUT2D eigenvalue weighted by Gasteiger charge is 2.17. The standard InChI is InChI=1S/C26H34N2O4S2/c1-4-21(3)20-34(30,31)25-16-12-23(13-17-25)28-27-22-10-14-24(15-11-22)33-19-9-7-6-8-18-32-26(29)5-2/h5,10-17,21H,2,4,6-9,18-20H2,1,3H3/t21-/m1/s1. The highest BCUT2D eigenvalue weighted by molar-refractivity contribution is 7.99. The zero-order valence-electron chi connectivity index (χ0n) is 20.0. The van der Waals surface area contributed by atoms with E-state index in [1.807, 2.05) is 38.1 Å². The highest BCUT2D eigenvalue weighted by Crippen LogP contribution is 2.25. The Morgan fingerprint density at radius 1 is 1.00 bits per heavy atom. The minimum absolute atomic E-state index is 0.131. The van der Waals surface area contributed by atoms with Gasteiger partial charge in [0, 0.05) is 11.0 Å². The van der Waals surface area contributed by atoms with E-state index < -0.39 is 9.84 Å². The third-order valence-electron chi connectivity index (χ3n) is 5.23. The molecule has 0 bridgehead atoms. The molecular weight excluding hydrogens is 468 g/mol. The van der Waals surface area contributed by atoms with Crippen LogP contribution in [0.3, 0.4) is 0 Å². The van der Waals surface area contributed by atoms with E-state index in [9.17, 15) is 13.2 Å². The zero-order chi connectivity index (χ0) is 24.8. The lowest BCUT2D eigenvalue weighted by Crippen LogP contribution is -2.13. The zero-order valence-corrected chi connectivity index (χ0v) is 21.6. The van der Waals surface area contributed by atoms with Gasteiger partial charge in [-0.1, -0.05) is 39.7 Å². The number of hydrogen-bond donors (Lipinski definition) is 0. The van der Waals surface area contributed by atoms with Gasteiger partial charge in [0.2, 0.25) is 0 Å². The number of esters is 1. The van der Waals surface area contributed by atoms with Gasteiger partial charge in [0.25, 0.3) is 0 Å². The number of nitrogens with zero attached hydrogens (tertiary/aromatic N) is 2. The molecule has 6 nitrogen and oxygen atoms in total. The van der Waals surface area contributed by atoms with Gasteiger partial charge in [-0.15, -0.1) is 11.8 Å². The van der Waals surface area contributed by atoms with Crippen LogP contribution in [-0.4, -0.2) is 32.5 Å². The summed E-state index contributed by atoms with van der Waals surface area (Å²) in [5.74, 6) is 0.951. The number of azo groups is 1. The van der Waals surface area contributed by atoms with E-state index in [4.69, 9.17) is 4.74 Å². The van der Waals surface area contributed by atoms with E-state index in [2.05, 4.69) is 16.8 Å². The van der Waals surface area contributed by atoms with Crippen LogP contribution in [0.25, 0.3) is 0 Å². The van der Waals surface area contributed by atoms with Gasteiger partial charge in [-0.2, -0.15) is 10.2 Å². The lowest BCUT2D eigenvalue weighted by Gasteiger charge is -2.09. The minimum atomic E-state index is -3.28. The van der Waals surface area contributed by atoms with E-state index in [1.54, 1.807) is 36.0 Å². The highest BCUT2D eigenvalue weighted by atomic mass is 32.2. The summed E-state index contributed by atoms with van der Waals surface area (Å²) >= 11 is 1.80. The fraction of sp³-hybridized carbons (Fsp3) is 0.423. The molecule has 0 fully saturated rings. The van der Waals surface area contributed by atoms with Crippen LogP contribution in [0, 0.1) is 5.92 Å². The SMILES string of the molecule is C=CC(=O)OCCCCCCSc1ccc(N=Nc2ccc(S(=O)(=O)C[C@H](C)CC)cc2)cc1. The van der Waals surface area contributed by atoms with Gasteiger partial charge in [-0.25, -0.2) is 13.2 Å². The molecule has 1 atom stereocenters. The Morgan fingerprint density at radius 3 is 2.18 bits per heavy atom. The van der Waals surface area contributed by atoms with Crippen LogP contribution >= 0.6 is 11.8 Å². The largest absolute Gasteiger partial charge is 0.463 e. The molecule has 0 aromatic heterocycles. The van der Waals surface area contributed by atoms with Crippen molar-refractivity contribution in [2.75, 3.05) is 18.1 Å². The number of carbonyl (C=O) groups is 1. The Balaban J connectivity index is 1.74. The first-order chi connectivity index (χ1) is 16.3. The molecule has 8 heteroatoms. The van der Waals surface area contributed by atoms with Gasteiger partial charge < -0.3 is 4.74 Å². The molecule has 0 spiro atoms. The number of hydrogen-bond acceptors (Lipinski definition) is 7. The third kappa shape index (κ3) is 10.2. The number of carbonyl (C=O) groups excluding carboxylic acids is 1. The molecule has 2 aromatic carbocycles. The molecule has 0 unspecified atom stereocenters. The van der Waals surface area contributed by atoms with Crippen LogP contribution < -0.4 is 0 Å². The van der Waals surface area contributed by atoms with Crippen molar-refractivity contribution >= 4 is 38.9 Å². The van der Waals surface area contributed by atoms with Crippen LogP contribution in [0.15, 0.2) is 81.2 Å². The predicted molar refractivity (Wildman–Crippen MR) is 139 cm³/mol. The van der Waals surface area contributed by atoms with Gasteiger partial charge in [0.05, 0.1) is 28.6 Å². The van der Waals surface area contributed by atoms with Crippen molar-refractivity contribution in [1.29, 1.82) is 0 Å². The second kappa shape index (κ2) is 14.7. The molecule has 0 saturated heterocycles. The molecule has 184 valence electrons. The molecule has 0 radical (unpaired) electrons. The van der Waals surface area contributed by atoms with Crippen molar-refractivity contribution in [1.82, 2.24) is 0 Å². The van der Waals surface area contributed by atoms with Crippen molar-refractivity contribution in [2.24, 2.45) is 16.1 Å². The average Bonchev–Trinajstić information content (AvgIpc) is 2.84. The normalized spacial score (nSPS) is 12.5. The second-order valence-corrected chi connectivity index (χ2v) is 11.3. The van der Waals surface area contributed by atoms with E-state index in [-0.39, 0.29) is 17.6 Å². The van der Waals surface area contributed by atoms with Crippen molar-refractivity contribution < 1.29 is 17.9 Å². The van der Waals surface area contributed by atoms with Gasteiger partial charge in [-0.3, -0.25) is 0 Å². The molecule has 2 aromatic rings. The summed E-state index contributed by atoms with van der Waals surface area (Å²) in [6.45, 7) is 7.76. The maximum atomic E-state index is 12.4. The van der Waals surface area contributed by atoms with E-state index in [1.165, 1.54) is 11.0 Å². The van der Waals surface area contributed by atoms with Gasteiger partial charge >= 0.3 is 5.97 Å². The second-order valence-electron chi connectivity index (χ2n) is 8.12. The molecule has 0 aliphatic heterocycles. The number of ether oxygens (including phenoxy) is 1. The smallest absolute Gasteiger partial charge is 0.330 e. The molecular formula is C26H34N2O4S2.